The second-order valence-electron chi connectivity index (χ2n) is 4.47. The minimum Gasteiger partial charge on any atom is -0.354 e. The molecule has 2 atom stereocenters. The third kappa shape index (κ3) is 3.89. The molecule has 2 amide bonds. The molecule has 2 fully saturated rings. The van der Waals surface area contributed by atoms with E-state index in [2.05, 4.69) is 16.0 Å². The van der Waals surface area contributed by atoms with Crippen molar-refractivity contribution < 1.29 is 9.59 Å². The van der Waals surface area contributed by atoms with Gasteiger partial charge < -0.3 is 10.6 Å². The van der Waals surface area contributed by atoms with Crippen LogP contribution in [0.3, 0.4) is 0 Å². The summed E-state index contributed by atoms with van der Waals surface area (Å²) in [6.07, 6.45) is 3.76. The van der Waals surface area contributed by atoms with Gasteiger partial charge in [0.25, 0.3) is 0 Å². The molecular formula is C11H19N3O2S. The largest absolute Gasteiger partial charge is 0.354 e. The Hall–Kier alpha value is -0.750. The molecular weight excluding hydrogens is 238 g/mol. The highest BCUT2D eigenvalue weighted by Gasteiger charge is 2.24. The van der Waals surface area contributed by atoms with Gasteiger partial charge in [-0.3, -0.25) is 14.9 Å². The average Bonchev–Trinajstić information content (AvgIpc) is 2.38. The van der Waals surface area contributed by atoms with Gasteiger partial charge in [-0.25, -0.2) is 0 Å². The summed E-state index contributed by atoms with van der Waals surface area (Å²) in [5.74, 6) is 1.16. The first-order chi connectivity index (χ1) is 8.25. The topological polar surface area (TPSA) is 70.2 Å². The summed E-state index contributed by atoms with van der Waals surface area (Å²) < 4.78 is 0. The van der Waals surface area contributed by atoms with Crippen molar-refractivity contribution in [3.05, 3.63) is 0 Å². The van der Waals surface area contributed by atoms with Crippen molar-refractivity contribution in [2.75, 3.05) is 25.4 Å². The molecule has 2 unspecified atom stereocenters. The van der Waals surface area contributed by atoms with Gasteiger partial charge in [0.05, 0.1) is 6.54 Å². The molecule has 6 heteroatoms. The molecule has 2 aliphatic heterocycles. The summed E-state index contributed by atoms with van der Waals surface area (Å²) in [6, 6.07) is -0.277. The van der Waals surface area contributed by atoms with Gasteiger partial charge in [0.1, 0.15) is 6.04 Å². The van der Waals surface area contributed by atoms with Crippen LogP contribution in [0.25, 0.3) is 0 Å². The van der Waals surface area contributed by atoms with Crippen molar-refractivity contribution in [3.8, 4) is 0 Å². The van der Waals surface area contributed by atoms with Crippen LogP contribution in [0.15, 0.2) is 0 Å². The minimum absolute atomic E-state index is 0.00354. The lowest BCUT2D eigenvalue weighted by Crippen LogP contribution is -2.58. The van der Waals surface area contributed by atoms with Gasteiger partial charge in [0.15, 0.2) is 0 Å². The Kier molecular flexibility index (Phi) is 4.67. The van der Waals surface area contributed by atoms with Gasteiger partial charge in [-0.2, -0.15) is 11.8 Å². The highest BCUT2D eigenvalue weighted by Crippen LogP contribution is 2.24. The van der Waals surface area contributed by atoms with Crippen LogP contribution in [0.2, 0.25) is 0 Å². The summed E-state index contributed by atoms with van der Waals surface area (Å²) in [5, 5.41) is 9.13. The first-order valence-electron chi connectivity index (χ1n) is 6.15. The number of nitrogens with one attached hydrogen (secondary N) is 3. The molecule has 0 aromatic rings. The molecule has 0 bridgehead atoms. The van der Waals surface area contributed by atoms with E-state index in [9.17, 15) is 9.59 Å². The van der Waals surface area contributed by atoms with Gasteiger partial charge in [-0.05, 0) is 18.6 Å². The Labute approximate surface area is 105 Å². The van der Waals surface area contributed by atoms with E-state index in [4.69, 9.17) is 0 Å². The van der Waals surface area contributed by atoms with E-state index >= 15 is 0 Å². The number of amides is 2. The van der Waals surface area contributed by atoms with E-state index in [-0.39, 0.29) is 24.4 Å². The molecule has 0 aromatic carbocycles. The van der Waals surface area contributed by atoms with Crippen LogP contribution in [0, 0.1) is 0 Å². The maximum absolute atomic E-state index is 11.8. The zero-order chi connectivity index (χ0) is 12.1. The minimum atomic E-state index is -0.277. The van der Waals surface area contributed by atoms with Crippen LogP contribution in [-0.2, 0) is 9.59 Å². The number of hydrogen-bond donors (Lipinski definition) is 3. The highest BCUT2D eigenvalue weighted by molar-refractivity contribution is 7.99. The van der Waals surface area contributed by atoms with Crippen molar-refractivity contribution >= 4 is 23.6 Å². The van der Waals surface area contributed by atoms with Crippen LogP contribution in [0.5, 0.6) is 0 Å². The molecule has 5 nitrogen and oxygen atoms in total. The van der Waals surface area contributed by atoms with Crippen molar-refractivity contribution in [1.29, 1.82) is 0 Å². The molecule has 0 radical (unpaired) electrons. The SMILES string of the molecule is O=C1CNC(C(=O)NCC2CCCCS2)CN1. The monoisotopic (exact) mass is 257 g/mol. The molecule has 2 saturated heterocycles. The van der Waals surface area contributed by atoms with Crippen molar-refractivity contribution in [2.45, 2.75) is 30.6 Å². The smallest absolute Gasteiger partial charge is 0.239 e. The van der Waals surface area contributed by atoms with Crippen LogP contribution in [0.4, 0.5) is 0 Å². The Morgan fingerprint density at radius 1 is 1.47 bits per heavy atom. The maximum atomic E-state index is 11.8. The molecule has 96 valence electrons. The Balaban J connectivity index is 1.67. The molecule has 0 spiro atoms. The Bertz CT molecular complexity index is 282. The quantitative estimate of drug-likeness (QED) is 0.636. The molecule has 2 rings (SSSR count). The summed E-state index contributed by atoms with van der Waals surface area (Å²) in [7, 11) is 0. The number of thioether (sulfide) groups is 1. The third-order valence-corrected chi connectivity index (χ3v) is 4.50. The summed E-state index contributed by atoms with van der Waals surface area (Å²) in [6.45, 7) is 1.37. The first kappa shape index (κ1) is 12.7. The lowest BCUT2D eigenvalue weighted by Gasteiger charge is -2.25. The zero-order valence-electron chi connectivity index (χ0n) is 9.83. The lowest BCUT2D eigenvalue weighted by molar-refractivity contribution is -0.126. The van der Waals surface area contributed by atoms with Crippen molar-refractivity contribution in [2.24, 2.45) is 0 Å². The van der Waals surface area contributed by atoms with Crippen LogP contribution >= 0.6 is 11.8 Å². The van der Waals surface area contributed by atoms with Crippen LogP contribution < -0.4 is 16.0 Å². The number of rotatable bonds is 3. The van der Waals surface area contributed by atoms with Crippen LogP contribution in [0.1, 0.15) is 19.3 Å². The Morgan fingerprint density at radius 2 is 2.35 bits per heavy atom. The molecule has 2 aliphatic rings. The zero-order valence-corrected chi connectivity index (χ0v) is 10.6. The number of carbonyl (C=O) groups is 2. The van der Waals surface area contributed by atoms with Gasteiger partial charge in [-0.15, -0.1) is 0 Å². The van der Waals surface area contributed by atoms with Gasteiger partial charge >= 0.3 is 0 Å². The first-order valence-corrected chi connectivity index (χ1v) is 7.20. The third-order valence-electron chi connectivity index (χ3n) is 3.11. The molecule has 2 heterocycles. The fourth-order valence-electron chi connectivity index (χ4n) is 2.06. The van der Waals surface area contributed by atoms with Crippen molar-refractivity contribution in [3.63, 3.8) is 0 Å². The van der Waals surface area contributed by atoms with Gasteiger partial charge in [0, 0.05) is 18.3 Å². The molecule has 3 N–H and O–H groups in total. The standard InChI is InChI=1S/C11H19N3O2S/c15-10-7-12-9(6-13-10)11(16)14-5-8-3-1-2-4-17-8/h8-9,12H,1-7H2,(H,13,15)(H,14,16). The van der Waals surface area contributed by atoms with Gasteiger partial charge in [0.2, 0.25) is 11.8 Å². The van der Waals surface area contributed by atoms with E-state index in [0.717, 1.165) is 6.54 Å². The fourth-order valence-corrected chi connectivity index (χ4v) is 3.30. The molecule has 17 heavy (non-hydrogen) atoms. The van der Waals surface area contributed by atoms with E-state index in [1.54, 1.807) is 0 Å². The van der Waals surface area contributed by atoms with E-state index in [1.807, 2.05) is 11.8 Å². The highest BCUT2D eigenvalue weighted by atomic mass is 32.2. The molecule has 0 aromatic heterocycles. The van der Waals surface area contributed by atoms with E-state index in [0.29, 0.717) is 11.8 Å². The number of carbonyl (C=O) groups excluding carboxylic acids is 2. The Morgan fingerprint density at radius 3 is 3.00 bits per heavy atom. The normalized spacial score (nSPS) is 29.5. The van der Waals surface area contributed by atoms with Crippen molar-refractivity contribution in [1.82, 2.24) is 16.0 Å². The second-order valence-corrected chi connectivity index (χ2v) is 5.88. The predicted octanol–water partition coefficient (Wildman–Crippen LogP) is -0.524. The lowest BCUT2D eigenvalue weighted by atomic mass is 10.1. The molecule has 0 saturated carbocycles. The average molecular weight is 257 g/mol. The second kappa shape index (κ2) is 6.26. The molecule has 0 aliphatic carbocycles. The van der Waals surface area contributed by atoms with E-state index in [1.165, 1.54) is 25.0 Å². The van der Waals surface area contributed by atoms with Crippen LogP contribution in [-0.4, -0.2) is 48.5 Å². The van der Waals surface area contributed by atoms with E-state index < -0.39 is 0 Å². The number of hydrogen-bond acceptors (Lipinski definition) is 4. The summed E-state index contributed by atoms with van der Waals surface area (Å²) in [5.41, 5.74) is 0. The predicted molar refractivity (Wildman–Crippen MR) is 67.9 cm³/mol. The maximum Gasteiger partial charge on any atom is 0.239 e. The number of piperazine rings is 1. The fraction of sp³-hybridized carbons (Fsp3) is 0.818. The summed E-state index contributed by atoms with van der Waals surface area (Å²) >= 11 is 1.95. The van der Waals surface area contributed by atoms with Gasteiger partial charge in [-0.1, -0.05) is 6.42 Å². The summed E-state index contributed by atoms with van der Waals surface area (Å²) in [4.78, 5) is 22.7.